The Labute approximate surface area is 149 Å². The van der Waals surface area contributed by atoms with E-state index in [1.807, 2.05) is 32.3 Å². The number of nitrogens with two attached hydrogens (primary N) is 1. The maximum absolute atomic E-state index is 12.1. The zero-order valence-corrected chi connectivity index (χ0v) is 14.8. The normalized spacial score (nSPS) is 11.3. The second-order valence-electron chi connectivity index (χ2n) is 5.11. The second-order valence-corrected chi connectivity index (χ2v) is 5.11. The lowest BCUT2D eigenvalue weighted by Gasteiger charge is -2.25. The maximum atomic E-state index is 12.1. The van der Waals surface area contributed by atoms with Crippen LogP contribution in [0.25, 0.3) is 0 Å². The van der Waals surface area contributed by atoms with Gasteiger partial charge in [0.25, 0.3) is 5.91 Å². The first-order chi connectivity index (χ1) is 10.1. The average molecular weight is 360 g/mol. The van der Waals surface area contributed by atoms with Crippen molar-refractivity contribution in [2.45, 2.75) is 12.6 Å². The Kier molecular flexibility index (Phi) is 9.60. The van der Waals surface area contributed by atoms with Crippen LogP contribution in [0.1, 0.15) is 27.7 Å². The van der Waals surface area contributed by atoms with E-state index in [9.17, 15) is 4.79 Å². The van der Waals surface area contributed by atoms with Gasteiger partial charge in [0, 0.05) is 6.54 Å². The van der Waals surface area contributed by atoms with Gasteiger partial charge in [0.2, 0.25) is 0 Å². The molecule has 3 N–H and O–H groups in total. The van der Waals surface area contributed by atoms with Crippen molar-refractivity contribution >= 4 is 30.7 Å². The van der Waals surface area contributed by atoms with Crippen LogP contribution in [0.15, 0.2) is 47.1 Å². The smallest absolute Gasteiger partial charge is 0.254 e. The van der Waals surface area contributed by atoms with Gasteiger partial charge in [0.1, 0.15) is 12.0 Å². The molecule has 1 atom stereocenters. The van der Waals surface area contributed by atoms with Gasteiger partial charge >= 0.3 is 0 Å². The summed E-state index contributed by atoms with van der Waals surface area (Å²) in [7, 11) is 3.99. The highest BCUT2D eigenvalue weighted by atomic mass is 35.5. The van der Waals surface area contributed by atoms with Crippen LogP contribution in [-0.2, 0) is 6.54 Å². The Balaban J connectivity index is 0.00000242. The number of hydrogen-bond acceptors (Lipinski definition) is 4. The van der Waals surface area contributed by atoms with Crippen LogP contribution in [0.4, 0.5) is 0 Å². The fraction of sp³-hybridized carbons (Fsp3) is 0.312. The molecule has 23 heavy (non-hydrogen) atoms. The summed E-state index contributed by atoms with van der Waals surface area (Å²) in [4.78, 5) is 14.2. The predicted octanol–water partition coefficient (Wildman–Crippen LogP) is 2.61. The van der Waals surface area contributed by atoms with Crippen LogP contribution in [0, 0.1) is 0 Å². The van der Waals surface area contributed by atoms with Crippen molar-refractivity contribution in [3.63, 3.8) is 0 Å². The van der Waals surface area contributed by atoms with E-state index in [2.05, 4.69) is 22.3 Å². The van der Waals surface area contributed by atoms with Crippen molar-refractivity contribution in [2.75, 3.05) is 20.6 Å². The van der Waals surface area contributed by atoms with Crippen LogP contribution in [-0.4, -0.2) is 31.4 Å². The van der Waals surface area contributed by atoms with Crippen molar-refractivity contribution in [1.82, 2.24) is 10.2 Å². The summed E-state index contributed by atoms with van der Waals surface area (Å²) in [5.41, 5.74) is 7.13. The molecule has 0 bridgehead atoms. The number of halogens is 2. The van der Waals surface area contributed by atoms with Gasteiger partial charge in [0.05, 0.1) is 18.2 Å². The van der Waals surface area contributed by atoms with E-state index < -0.39 is 0 Å². The molecular weight excluding hydrogens is 337 g/mol. The molecule has 1 amide bonds. The minimum absolute atomic E-state index is 0. The molecular formula is C16H23Cl2N3O2. The molecule has 1 unspecified atom stereocenters. The zero-order chi connectivity index (χ0) is 15.2. The summed E-state index contributed by atoms with van der Waals surface area (Å²) in [6.07, 6.45) is 1.44. The molecule has 0 spiro atoms. The number of likely N-dealkylation sites (N-methyl/N-ethyl adjacent to an activating group) is 1. The summed E-state index contributed by atoms with van der Waals surface area (Å²) >= 11 is 0. The van der Waals surface area contributed by atoms with Crippen molar-refractivity contribution < 1.29 is 9.21 Å². The fourth-order valence-electron chi connectivity index (χ4n) is 2.17. The monoisotopic (exact) mass is 359 g/mol. The lowest BCUT2D eigenvalue weighted by Crippen LogP contribution is -2.34. The summed E-state index contributed by atoms with van der Waals surface area (Å²) in [5, 5.41) is 2.93. The number of benzene rings is 1. The molecule has 0 aliphatic carbocycles. The zero-order valence-electron chi connectivity index (χ0n) is 13.2. The molecule has 2 rings (SSSR count). The van der Waals surface area contributed by atoms with Gasteiger partial charge < -0.3 is 20.4 Å². The fourth-order valence-corrected chi connectivity index (χ4v) is 2.17. The van der Waals surface area contributed by atoms with Crippen molar-refractivity contribution in [1.29, 1.82) is 0 Å². The molecule has 7 heteroatoms. The van der Waals surface area contributed by atoms with Crippen LogP contribution < -0.4 is 11.1 Å². The molecule has 0 aliphatic rings. The number of rotatable bonds is 6. The number of hydrogen-bond donors (Lipinski definition) is 2. The van der Waals surface area contributed by atoms with Gasteiger partial charge in [-0.1, -0.05) is 30.3 Å². The first-order valence-corrected chi connectivity index (χ1v) is 6.89. The van der Waals surface area contributed by atoms with E-state index in [0.717, 1.165) is 5.56 Å². The van der Waals surface area contributed by atoms with Gasteiger partial charge in [-0.05, 0) is 25.7 Å². The van der Waals surface area contributed by atoms with Gasteiger partial charge in [-0.2, -0.15) is 0 Å². The largest absolute Gasteiger partial charge is 0.467 e. The Morgan fingerprint density at radius 1 is 1.26 bits per heavy atom. The van der Waals surface area contributed by atoms with E-state index in [4.69, 9.17) is 10.2 Å². The molecule has 5 nitrogen and oxygen atoms in total. The predicted molar refractivity (Wildman–Crippen MR) is 96.3 cm³/mol. The highest BCUT2D eigenvalue weighted by Crippen LogP contribution is 2.17. The SMILES string of the molecule is CN(C)C(CNC(=O)c1coc(CN)c1)c1ccccc1.Cl.Cl. The van der Waals surface area contributed by atoms with E-state index in [-0.39, 0.29) is 43.3 Å². The molecule has 0 saturated carbocycles. The second kappa shape index (κ2) is 10.3. The quantitative estimate of drug-likeness (QED) is 0.831. The average Bonchev–Trinajstić information content (AvgIpc) is 2.97. The molecule has 0 radical (unpaired) electrons. The third-order valence-electron chi connectivity index (χ3n) is 3.38. The summed E-state index contributed by atoms with van der Waals surface area (Å²) < 4.78 is 5.18. The molecule has 0 saturated heterocycles. The lowest BCUT2D eigenvalue weighted by atomic mass is 10.1. The van der Waals surface area contributed by atoms with E-state index >= 15 is 0 Å². The lowest BCUT2D eigenvalue weighted by molar-refractivity contribution is 0.0941. The molecule has 1 aromatic carbocycles. The van der Waals surface area contributed by atoms with Gasteiger partial charge in [-0.3, -0.25) is 4.79 Å². The maximum Gasteiger partial charge on any atom is 0.254 e. The van der Waals surface area contributed by atoms with E-state index in [1.54, 1.807) is 6.07 Å². The Bertz CT molecular complexity index is 588. The minimum Gasteiger partial charge on any atom is -0.467 e. The highest BCUT2D eigenvalue weighted by Gasteiger charge is 2.16. The van der Waals surface area contributed by atoms with Gasteiger partial charge in [-0.15, -0.1) is 24.8 Å². The van der Waals surface area contributed by atoms with Crippen molar-refractivity contribution in [3.8, 4) is 0 Å². The molecule has 1 heterocycles. The molecule has 128 valence electrons. The van der Waals surface area contributed by atoms with E-state index in [1.165, 1.54) is 6.26 Å². The third-order valence-corrected chi connectivity index (χ3v) is 3.38. The summed E-state index contributed by atoms with van der Waals surface area (Å²) in [5.74, 6) is 0.452. The van der Waals surface area contributed by atoms with Gasteiger partial charge in [0.15, 0.2) is 0 Å². The topological polar surface area (TPSA) is 71.5 Å². The third kappa shape index (κ3) is 5.88. The van der Waals surface area contributed by atoms with Crippen LogP contribution in [0.3, 0.4) is 0 Å². The van der Waals surface area contributed by atoms with E-state index in [0.29, 0.717) is 17.9 Å². The number of amides is 1. The molecule has 0 aliphatic heterocycles. The Morgan fingerprint density at radius 3 is 2.43 bits per heavy atom. The Morgan fingerprint density at radius 2 is 1.91 bits per heavy atom. The van der Waals surface area contributed by atoms with Crippen LogP contribution >= 0.6 is 24.8 Å². The minimum atomic E-state index is -0.152. The first kappa shape index (κ1) is 21.5. The summed E-state index contributed by atoms with van der Waals surface area (Å²) in [6, 6.07) is 11.9. The number of nitrogens with one attached hydrogen (secondary N) is 1. The Hall–Kier alpha value is -1.53. The molecule has 1 aromatic heterocycles. The first-order valence-electron chi connectivity index (χ1n) is 6.89. The number of carbonyl (C=O) groups excluding carboxylic acids is 1. The van der Waals surface area contributed by atoms with Crippen LogP contribution in [0.2, 0.25) is 0 Å². The number of carbonyl (C=O) groups is 1. The number of furan rings is 1. The van der Waals surface area contributed by atoms with Gasteiger partial charge in [-0.25, -0.2) is 0 Å². The standard InChI is InChI=1S/C16H21N3O2.2ClH/c1-19(2)15(12-6-4-3-5-7-12)10-18-16(20)13-8-14(9-17)21-11-13;;/h3-8,11,15H,9-10,17H2,1-2H3,(H,18,20);2*1H. The summed E-state index contributed by atoms with van der Waals surface area (Å²) in [6.45, 7) is 0.816. The van der Waals surface area contributed by atoms with Crippen molar-refractivity contribution in [3.05, 3.63) is 59.5 Å². The molecule has 2 aromatic rings. The van der Waals surface area contributed by atoms with Crippen LogP contribution in [0.5, 0.6) is 0 Å². The van der Waals surface area contributed by atoms with Crippen molar-refractivity contribution in [2.24, 2.45) is 5.73 Å². The number of nitrogens with zero attached hydrogens (tertiary/aromatic N) is 1. The highest BCUT2D eigenvalue weighted by molar-refractivity contribution is 5.94. The molecule has 0 fully saturated rings.